The lowest BCUT2D eigenvalue weighted by Gasteiger charge is -2.30. The second-order valence-corrected chi connectivity index (χ2v) is 6.49. The Bertz CT molecular complexity index is 624. The van der Waals surface area contributed by atoms with Gasteiger partial charge in [-0.3, -0.25) is 0 Å². The van der Waals surface area contributed by atoms with Gasteiger partial charge in [-0.15, -0.1) is 11.6 Å². The molecule has 0 bridgehead atoms. The molecule has 0 amide bonds. The summed E-state index contributed by atoms with van der Waals surface area (Å²) in [4.78, 5) is 4.67. The molecule has 2 heterocycles. The number of para-hydroxylation sites is 1. The van der Waals surface area contributed by atoms with Crippen molar-refractivity contribution in [3.8, 4) is 0 Å². The molecule has 1 fully saturated rings. The van der Waals surface area contributed by atoms with Gasteiger partial charge in [0, 0.05) is 12.6 Å². The SMILES string of the molecule is CC1CC(n2c(C(C)Cl)nc3c(Cl)cccc32)CCO1. The smallest absolute Gasteiger partial charge is 0.128 e. The molecule has 2 aromatic rings. The summed E-state index contributed by atoms with van der Waals surface area (Å²) in [6.07, 6.45) is 2.23. The van der Waals surface area contributed by atoms with Gasteiger partial charge in [-0.1, -0.05) is 17.7 Å². The Morgan fingerprint density at radius 1 is 1.45 bits per heavy atom. The van der Waals surface area contributed by atoms with E-state index < -0.39 is 0 Å². The van der Waals surface area contributed by atoms with Crippen molar-refractivity contribution in [2.75, 3.05) is 6.61 Å². The van der Waals surface area contributed by atoms with Gasteiger partial charge in [0.1, 0.15) is 11.3 Å². The van der Waals surface area contributed by atoms with Gasteiger partial charge in [0.25, 0.3) is 0 Å². The number of aromatic nitrogens is 2. The molecule has 0 N–H and O–H groups in total. The summed E-state index contributed by atoms with van der Waals surface area (Å²) in [6, 6.07) is 6.28. The molecule has 0 saturated carbocycles. The van der Waals surface area contributed by atoms with Crippen molar-refractivity contribution in [2.45, 2.75) is 44.2 Å². The lowest BCUT2D eigenvalue weighted by atomic mass is 10.0. The number of ether oxygens (including phenoxy) is 1. The first-order valence-corrected chi connectivity index (χ1v) is 7.81. The fourth-order valence-electron chi connectivity index (χ4n) is 2.97. The molecule has 3 rings (SSSR count). The third kappa shape index (κ3) is 2.43. The Balaban J connectivity index is 2.16. The van der Waals surface area contributed by atoms with Crippen LogP contribution in [0.3, 0.4) is 0 Å². The van der Waals surface area contributed by atoms with Crippen LogP contribution in [-0.2, 0) is 4.74 Å². The van der Waals surface area contributed by atoms with Gasteiger partial charge in [-0.05, 0) is 38.8 Å². The van der Waals surface area contributed by atoms with E-state index in [4.69, 9.17) is 27.9 Å². The predicted octanol–water partition coefficient (Wildman–Crippen LogP) is 4.73. The summed E-state index contributed by atoms with van der Waals surface area (Å²) in [7, 11) is 0. The highest BCUT2D eigenvalue weighted by molar-refractivity contribution is 6.35. The molecule has 3 unspecified atom stereocenters. The van der Waals surface area contributed by atoms with Crippen LogP contribution < -0.4 is 0 Å². The molecule has 5 heteroatoms. The van der Waals surface area contributed by atoms with Crippen LogP contribution in [0.5, 0.6) is 0 Å². The minimum Gasteiger partial charge on any atom is -0.378 e. The summed E-state index contributed by atoms with van der Waals surface area (Å²) in [5.74, 6) is 0.897. The molecule has 1 aliphatic heterocycles. The van der Waals surface area contributed by atoms with Gasteiger partial charge < -0.3 is 9.30 Å². The normalized spacial score (nSPS) is 25.0. The van der Waals surface area contributed by atoms with Gasteiger partial charge in [-0.25, -0.2) is 4.98 Å². The van der Waals surface area contributed by atoms with Crippen molar-refractivity contribution in [2.24, 2.45) is 0 Å². The van der Waals surface area contributed by atoms with Gasteiger partial charge in [0.2, 0.25) is 0 Å². The highest BCUT2D eigenvalue weighted by Crippen LogP contribution is 2.35. The quantitative estimate of drug-likeness (QED) is 0.750. The van der Waals surface area contributed by atoms with E-state index >= 15 is 0 Å². The average Bonchev–Trinajstić information content (AvgIpc) is 2.80. The van der Waals surface area contributed by atoms with Gasteiger partial charge in [0.05, 0.1) is 22.0 Å². The number of rotatable bonds is 2. The van der Waals surface area contributed by atoms with Crippen LogP contribution in [0, 0.1) is 0 Å². The molecule has 1 aliphatic rings. The van der Waals surface area contributed by atoms with Crippen molar-refractivity contribution >= 4 is 34.2 Å². The second kappa shape index (κ2) is 5.55. The zero-order chi connectivity index (χ0) is 14.3. The number of hydrogen-bond donors (Lipinski definition) is 0. The standard InChI is InChI=1S/C15H18Cl2N2O/c1-9-8-11(6-7-20-9)19-13-5-3-4-12(17)14(13)18-15(19)10(2)16/h3-5,9-11H,6-8H2,1-2H3. The zero-order valence-corrected chi connectivity index (χ0v) is 13.2. The maximum atomic E-state index is 6.33. The van der Waals surface area contributed by atoms with Crippen molar-refractivity contribution in [3.63, 3.8) is 0 Å². The van der Waals surface area contributed by atoms with Gasteiger partial charge >= 0.3 is 0 Å². The second-order valence-electron chi connectivity index (χ2n) is 5.42. The summed E-state index contributed by atoms with van der Waals surface area (Å²) < 4.78 is 7.91. The van der Waals surface area contributed by atoms with Crippen molar-refractivity contribution in [3.05, 3.63) is 29.0 Å². The third-order valence-electron chi connectivity index (χ3n) is 3.88. The van der Waals surface area contributed by atoms with E-state index in [0.29, 0.717) is 11.1 Å². The molecule has 0 aliphatic carbocycles. The van der Waals surface area contributed by atoms with Crippen LogP contribution >= 0.6 is 23.2 Å². The van der Waals surface area contributed by atoms with E-state index in [1.165, 1.54) is 0 Å². The monoisotopic (exact) mass is 312 g/mol. The van der Waals surface area contributed by atoms with Crippen LogP contribution in [0.2, 0.25) is 5.02 Å². The number of fused-ring (bicyclic) bond motifs is 1. The summed E-state index contributed by atoms with van der Waals surface area (Å²) in [5, 5.41) is 0.538. The van der Waals surface area contributed by atoms with E-state index in [2.05, 4.69) is 22.5 Å². The Morgan fingerprint density at radius 3 is 2.95 bits per heavy atom. The van der Waals surface area contributed by atoms with E-state index in [0.717, 1.165) is 36.3 Å². The minimum atomic E-state index is -0.142. The predicted molar refractivity (Wildman–Crippen MR) is 82.7 cm³/mol. The first-order chi connectivity index (χ1) is 9.58. The molecule has 3 atom stereocenters. The van der Waals surface area contributed by atoms with Crippen LogP contribution in [0.1, 0.15) is 43.9 Å². The lowest BCUT2D eigenvalue weighted by Crippen LogP contribution is -2.26. The molecular weight excluding hydrogens is 295 g/mol. The molecular formula is C15H18Cl2N2O. The minimum absolute atomic E-state index is 0.142. The molecule has 0 radical (unpaired) electrons. The molecule has 0 spiro atoms. The fraction of sp³-hybridized carbons (Fsp3) is 0.533. The maximum absolute atomic E-state index is 6.33. The highest BCUT2D eigenvalue weighted by Gasteiger charge is 2.26. The number of benzene rings is 1. The van der Waals surface area contributed by atoms with Gasteiger partial charge in [0.15, 0.2) is 0 Å². The molecule has 20 heavy (non-hydrogen) atoms. The number of hydrogen-bond acceptors (Lipinski definition) is 2. The van der Waals surface area contributed by atoms with Crippen LogP contribution in [-0.4, -0.2) is 22.3 Å². The van der Waals surface area contributed by atoms with Crippen LogP contribution in [0.15, 0.2) is 18.2 Å². The molecule has 108 valence electrons. The summed E-state index contributed by atoms with van der Waals surface area (Å²) in [6.45, 7) is 4.85. The van der Waals surface area contributed by atoms with E-state index in [1.807, 2.05) is 19.1 Å². The van der Waals surface area contributed by atoms with Crippen molar-refractivity contribution in [1.29, 1.82) is 0 Å². The number of alkyl halides is 1. The maximum Gasteiger partial charge on any atom is 0.128 e. The Morgan fingerprint density at radius 2 is 2.25 bits per heavy atom. The van der Waals surface area contributed by atoms with E-state index in [9.17, 15) is 0 Å². The first kappa shape index (κ1) is 14.2. The highest BCUT2D eigenvalue weighted by atomic mass is 35.5. The molecule has 1 aromatic heterocycles. The van der Waals surface area contributed by atoms with Crippen LogP contribution in [0.4, 0.5) is 0 Å². The molecule has 3 nitrogen and oxygen atoms in total. The molecule has 1 saturated heterocycles. The van der Waals surface area contributed by atoms with E-state index in [-0.39, 0.29) is 11.5 Å². The van der Waals surface area contributed by atoms with Crippen molar-refractivity contribution in [1.82, 2.24) is 9.55 Å². The molecule has 1 aromatic carbocycles. The van der Waals surface area contributed by atoms with Gasteiger partial charge in [-0.2, -0.15) is 0 Å². The first-order valence-electron chi connectivity index (χ1n) is 7.00. The summed E-state index contributed by atoms with van der Waals surface area (Å²) in [5.41, 5.74) is 1.91. The third-order valence-corrected chi connectivity index (χ3v) is 4.38. The Labute approximate surface area is 128 Å². The Hall–Kier alpha value is -0.770. The number of nitrogens with zero attached hydrogens (tertiary/aromatic N) is 2. The number of imidazole rings is 1. The zero-order valence-electron chi connectivity index (χ0n) is 11.6. The Kier molecular flexibility index (Phi) is 3.93. The number of halogens is 2. The average molecular weight is 313 g/mol. The van der Waals surface area contributed by atoms with E-state index in [1.54, 1.807) is 0 Å². The fourth-order valence-corrected chi connectivity index (χ4v) is 3.34. The van der Waals surface area contributed by atoms with Crippen molar-refractivity contribution < 1.29 is 4.74 Å². The lowest BCUT2D eigenvalue weighted by molar-refractivity contribution is 0.00621. The largest absolute Gasteiger partial charge is 0.378 e. The topological polar surface area (TPSA) is 27.1 Å². The summed E-state index contributed by atoms with van der Waals surface area (Å²) >= 11 is 12.6. The van der Waals surface area contributed by atoms with Crippen LogP contribution in [0.25, 0.3) is 11.0 Å².